The van der Waals surface area contributed by atoms with Crippen molar-refractivity contribution in [2.75, 3.05) is 12.4 Å². The van der Waals surface area contributed by atoms with Gasteiger partial charge < -0.3 is 10.2 Å². The molecule has 0 saturated carbocycles. The Bertz CT molecular complexity index is 450. The molecule has 0 saturated heterocycles. The number of nitrogens with zero attached hydrogens (tertiary/aromatic N) is 3. The van der Waals surface area contributed by atoms with Gasteiger partial charge in [-0.1, -0.05) is 16.8 Å². The third-order valence-corrected chi connectivity index (χ3v) is 1.70. The Balaban J connectivity index is 2.75. The van der Waals surface area contributed by atoms with Crippen LogP contribution in [0.25, 0.3) is 0 Å². The number of pyridine rings is 1. The molecule has 7 heteroatoms. The van der Waals surface area contributed by atoms with Crippen LogP contribution < -0.4 is 5.32 Å². The molecule has 0 aliphatic carbocycles. The summed E-state index contributed by atoms with van der Waals surface area (Å²) in [6.07, 6.45) is 1.37. The first-order valence-corrected chi connectivity index (χ1v) is 4.49. The Morgan fingerprint density at radius 3 is 2.94 bits per heavy atom. The van der Waals surface area contributed by atoms with Crippen molar-refractivity contribution in [2.45, 2.75) is 0 Å². The molecule has 0 aromatic carbocycles. The van der Waals surface area contributed by atoms with Crippen LogP contribution in [0.15, 0.2) is 23.5 Å². The van der Waals surface area contributed by atoms with E-state index in [9.17, 15) is 4.79 Å². The van der Waals surface area contributed by atoms with Crippen LogP contribution in [0.4, 0.5) is 5.82 Å². The van der Waals surface area contributed by atoms with Crippen molar-refractivity contribution in [2.24, 2.45) is 5.16 Å². The van der Waals surface area contributed by atoms with Gasteiger partial charge in [0.2, 0.25) is 5.71 Å². The normalized spacial score (nSPS) is 10.4. The van der Waals surface area contributed by atoms with Crippen molar-refractivity contribution in [1.29, 1.82) is 5.26 Å². The number of rotatable bonds is 3. The van der Waals surface area contributed by atoms with Crippen LogP contribution in [0, 0.1) is 11.3 Å². The highest BCUT2D eigenvalue weighted by Gasteiger charge is 2.12. The van der Waals surface area contributed by atoms with Gasteiger partial charge >= 0.3 is 0 Å². The number of halogens is 1. The number of carbonyl (C=O) groups is 1. The number of amides is 1. The fraction of sp³-hybridized carbons (Fsp3) is 0.111. The van der Waals surface area contributed by atoms with Crippen LogP contribution in [-0.4, -0.2) is 23.7 Å². The van der Waals surface area contributed by atoms with Crippen molar-refractivity contribution >= 4 is 29.0 Å². The number of anilines is 1. The van der Waals surface area contributed by atoms with E-state index in [-0.39, 0.29) is 11.5 Å². The van der Waals surface area contributed by atoms with Gasteiger partial charge in [-0.05, 0) is 12.1 Å². The second kappa shape index (κ2) is 5.68. The Morgan fingerprint density at radius 1 is 1.69 bits per heavy atom. The zero-order chi connectivity index (χ0) is 12.0. The maximum atomic E-state index is 11.4. The lowest BCUT2D eigenvalue weighted by molar-refractivity contribution is -0.110. The number of carbonyl (C=O) groups excluding carboxylic acids is 1. The summed E-state index contributed by atoms with van der Waals surface area (Å²) >= 11 is 5.62. The van der Waals surface area contributed by atoms with Gasteiger partial charge in [0.1, 0.15) is 19.0 Å². The molecule has 1 amide bonds. The molecule has 1 rings (SSSR count). The molecular formula is C9H7ClN4O2. The van der Waals surface area contributed by atoms with Gasteiger partial charge in [-0.25, -0.2) is 4.98 Å². The van der Waals surface area contributed by atoms with E-state index in [0.717, 1.165) is 0 Å². The van der Waals surface area contributed by atoms with Gasteiger partial charge in [0, 0.05) is 6.20 Å². The van der Waals surface area contributed by atoms with Crippen LogP contribution >= 0.6 is 11.6 Å². The maximum Gasteiger partial charge on any atom is 0.289 e. The van der Waals surface area contributed by atoms with Crippen LogP contribution in [0.1, 0.15) is 0 Å². The zero-order valence-electron chi connectivity index (χ0n) is 8.27. The van der Waals surface area contributed by atoms with Gasteiger partial charge in [-0.15, -0.1) is 0 Å². The molecule has 1 aromatic rings. The van der Waals surface area contributed by atoms with E-state index in [1.807, 2.05) is 0 Å². The molecule has 1 N–H and O–H groups in total. The maximum absolute atomic E-state index is 11.4. The van der Waals surface area contributed by atoms with E-state index < -0.39 is 5.91 Å². The molecule has 0 fully saturated rings. The predicted molar refractivity (Wildman–Crippen MR) is 57.9 cm³/mol. The number of aromatic nitrogens is 1. The van der Waals surface area contributed by atoms with Crippen LogP contribution in [0.3, 0.4) is 0 Å². The first-order valence-electron chi connectivity index (χ1n) is 4.11. The second-order valence-electron chi connectivity index (χ2n) is 2.55. The Hall–Kier alpha value is -2.13. The molecule has 0 spiro atoms. The van der Waals surface area contributed by atoms with E-state index >= 15 is 0 Å². The summed E-state index contributed by atoms with van der Waals surface area (Å²) in [4.78, 5) is 19.6. The number of oxime groups is 1. The average Bonchev–Trinajstić information content (AvgIpc) is 2.29. The molecule has 16 heavy (non-hydrogen) atoms. The molecular weight excluding hydrogens is 232 g/mol. The summed E-state index contributed by atoms with van der Waals surface area (Å²) in [6.45, 7) is 0. The fourth-order valence-electron chi connectivity index (χ4n) is 0.829. The number of nitriles is 1. The molecule has 1 aromatic heterocycles. The standard InChI is InChI=1S/C9H7ClN4O2/c1-16-14-7(4-11)9(15)13-8-3-2-6(10)5-12-8/h2-3,5H,1H3,(H,12,13,15)/b14-7-. The summed E-state index contributed by atoms with van der Waals surface area (Å²) < 4.78 is 0. The largest absolute Gasteiger partial charge is 0.398 e. The number of nitrogens with one attached hydrogen (secondary N) is 1. The Labute approximate surface area is 96.5 Å². The third-order valence-electron chi connectivity index (χ3n) is 1.47. The van der Waals surface area contributed by atoms with E-state index in [2.05, 4.69) is 20.3 Å². The summed E-state index contributed by atoms with van der Waals surface area (Å²) in [6, 6.07) is 4.65. The summed E-state index contributed by atoms with van der Waals surface area (Å²) in [7, 11) is 1.24. The monoisotopic (exact) mass is 238 g/mol. The highest BCUT2D eigenvalue weighted by Crippen LogP contribution is 2.09. The molecule has 0 atom stereocenters. The summed E-state index contributed by atoms with van der Waals surface area (Å²) in [5.41, 5.74) is -0.390. The van der Waals surface area contributed by atoms with Gasteiger partial charge in [0.25, 0.3) is 5.91 Å². The second-order valence-corrected chi connectivity index (χ2v) is 2.99. The zero-order valence-corrected chi connectivity index (χ0v) is 9.02. The van der Waals surface area contributed by atoms with Crippen molar-refractivity contribution in [3.63, 3.8) is 0 Å². The lowest BCUT2D eigenvalue weighted by atomic mass is 10.4. The fourth-order valence-corrected chi connectivity index (χ4v) is 0.941. The van der Waals surface area contributed by atoms with E-state index in [1.54, 1.807) is 12.1 Å². The highest BCUT2D eigenvalue weighted by molar-refractivity contribution is 6.48. The Morgan fingerprint density at radius 2 is 2.44 bits per heavy atom. The molecule has 6 nitrogen and oxygen atoms in total. The topological polar surface area (TPSA) is 87.4 Å². The molecule has 0 aliphatic rings. The first-order chi connectivity index (χ1) is 7.67. The van der Waals surface area contributed by atoms with E-state index in [4.69, 9.17) is 16.9 Å². The predicted octanol–water partition coefficient (Wildman–Crippen LogP) is 1.20. The van der Waals surface area contributed by atoms with Crippen molar-refractivity contribution < 1.29 is 9.63 Å². The van der Waals surface area contributed by atoms with Crippen molar-refractivity contribution in [1.82, 2.24) is 4.98 Å². The molecule has 0 aliphatic heterocycles. The number of hydrogen-bond donors (Lipinski definition) is 1. The van der Waals surface area contributed by atoms with Gasteiger partial charge in [0.05, 0.1) is 5.02 Å². The summed E-state index contributed by atoms with van der Waals surface area (Å²) in [5, 5.41) is 14.6. The van der Waals surface area contributed by atoms with Crippen molar-refractivity contribution in [3.8, 4) is 6.07 Å². The van der Waals surface area contributed by atoms with E-state index in [0.29, 0.717) is 5.02 Å². The van der Waals surface area contributed by atoms with E-state index in [1.165, 1.54) is 19.4 Å². The first kappa shape index (κ1) is 11.9. The molecule has 0 radical (unpaired) electrons. The van der Waals surface area contributed by atoms with Crippen LogP contribution in [0.2, 0.25) is 5.02 Å². The minimum Gasteiger partial charge on any atom is -0.398 e. The lowest BCUT2D eigenvalue weighted by Crippen LogP contribution is -2.22. The molecule has 82 valence electrons. The molecule has 0 unspecified atom stereocenters. The third kappa shape index (κ3) is 3.22. The molecule has 1 heterocycles. The minimum atomic E-state index is -0.695. The molecule has 0 bridgehead atoms. The van der Waals surface area contributed by atoms with Crippen molar-refractivity contribution in [3.05, 3.63) is 23.4 Å². The van der Waals surface area contributed by atoms with Gasteiger partial charge in [-0.3, -0.25) is 4.79 Å². The lowest BCUT2D eigenvalue weighted by Gasteiger charge is -2.01. The smallest absolute Gasteiger partial charge is 0.289 e. The van der Waals surface area contributed by atoms with Gasteiger partial charge in [0.15, 0.2) is 0 Å². The van der Waals surface area contributed by atoms with Crippen LogP contribution in [0.5, 0.6) is 0 Å². The quantitative estimate of drug-likeness (QED) is 0.633. The highest BCUT2D eigenvalue weighted by atomic mass is 35.5. The minimum absolute atomic E-state index is 0.272. The average molecular weight is 239 g/mol. The van der Waals surface area contributed by atoms with Gasteiger partial charge in [-0.2, -0.15) is 5.26 Å². The van der Waals surface area contributed by atoms with Crippen LogP contribution in [-0.2, 0) is 9.63 Å². The SMILES string of the molecule is CO/N=C(/C#N)C(=O)Nc1ccc(Cl)cn1. The Kier molecular flexibility index (Phi) is 4.24. The number of hydrogen-bond acceptors (Lipinski definition) is 5. The summed E-state index contributed by atoms with van der Waals surface area (Å²) in [5.74, 6) is -0.423.